The van der Waals surface area contributed by atoms with E-state index >= 15 is 0 Å². The molecule has 1 aliphatic rings. The minimum atomic E-state index is -0.234. The Hall–Kier alpha value is -0.220. The van der Waals surface area contributed by atoms with Crippen LogP contribution in [0.15, 0.2) is 0 Å². The second kappa shape index (κ2) is 5.03. The molecule has 0 aromatic rings. The van der Waals surface area contributed by atoms with E-state index < -0.39 is 0 Å². The van der Waals surface area contributed by atoms with Crippen LogP contribution in [0.3, 0.4) is 0 Å². The number of rotatable bonds is 4. The monoisotopic (exact) mass is 216 g/mol. The van der Waals surface area contributed by atoms with Crippen molar-refractivity contribution in [3.05, 3.63) is 0 Å². The Bertz CT molecular complexity index is 195. The van der Waals surface area contributed by atoms with Gasteiger partial charge in [-0.2, -0.15) is 11.8 Å². The lowest BCUT2D eigenvalue weighted by atomic mass is 10.00. The Balaban J connectivity index is 2.15. The molecule has 0 aromatic heterocycles. The molecule has 82 valence electrons. The van der Waals surface area contributed by atoms with Crippen LogP contribution in [0.25, 0.3) is 0 Å². The van der Waals surface area contributed by atoms with Gasteiger partial charge in [-0.15, -0.1) is 0 Å². The van der Waals surface area contributed by atoms with E-state index in [4.69, 9.17) is 5.73 Å². The van der Waals surface area contributed by atoms with Crippen molar-refractivity contribution in [2.24, 2.45) is 5.73 Å². The first-order chi connectivity index (χ1) is 6.47. The lowest BCUT2D eigenvalue weighted by Gasteiger charge is -2.18. The molecular formula is C10H20N2OS. The predicted molar refractivity (Wildman–Crippen MR) is 61.4 cm³/mol. The van der Waals surface area contributed by atoms with Crippen LogP contribution in [-0.4, -0.2) is 29.0 Å². The van der Waals surface area contributed by atoms with Crippen LogP contribution in [0.2, 0.25) is 0 Å². The van der Waals surface area contributed by atoms with Crippen molar-refractivity contribution < 1.29 is 4.79 Å². The zero-order valence-electron chi connectivity index (χ0n) is 9.01. The maximum absolute atomic E-state index is 11.5. The van der Waals surface area contributed by atoms with Gasteiger partial charge in [-0.05, 0) is 32.4 Å². The van der Waals surface area contributed by atoms with Crippen molar-refractivity contribution in [2.75, 3.05) is 11.5 Å². The molecule has 1 aliphatic heterocycles. The number of carbonyl (C=O) groups is 1. The molecule has 1 amide bonds. The van der Waals surface area contributed by atoms with Gasteiger partial charge in [-0.25, -0.2) is 0 Å². The molecule has 0 radical (unpaired) electrons. The number of thioether (sulfide) groups is 1. The Morgan fingerprint density at radius 3 is 2.86 bits per heavy atom. The predicted octanol–water partition coefficient (Wildman–Crippen LogP) is 1.13. The third kappa shape index (κ3) is 4.86. The van der Waals surface area contributed by atoms with Crippen LogP contribution in [-0.2, 0) is 4.79 Å². The van der Waals surface area contributed by atoms with Gasteiger partial charge in [0.25, 0.3) is 0 Å². The van der Waals surface area contributed by atoms with Gasteiger partial charge in [0, 0.05) is 23.8 Å². The average molecular weight is 216 g/mol. The molecule has 1 rings (SSSR count). The second-order valence-corrected chi connectivity index (χ2v) is 5.77. The highest BCUT2D eigenvalue weighted by Gasteiger charge is 2.19. The number of hydrogen-bond donors (Lipinski definition) is 2. The molecule has 4 heteroatoms. The van der Waals surface area contributed by atoms with E-state index in [0.29, 0.717) is 12.5 Å². The average Bonchev–Trinajstić information content (AvgIpc) is 2.52. The third-order valence-electron chi connectivity index (χ3n) is 2.29. The summed E-state index contributed by atoms with van der Waals surface area (Å²) in [5, 5.41) is 3.04. The maximum atomic E-state index is 11.5. The lowest BCUT2D eigenvalue weighted by Crippen LogP contribution is -2.38. The van der Waals surface area contributed by atoms with Gasteiger partial charge in [-0.3, -0.25) is 4.79 Å². The first-order valence-electron chi connectivity index (χ1n) is 5.13. The van der Waals surface area contributed by atoms with Crippen LogP contribution >= 0.6 is 11.8 Å². The Kier molecular flexibility index (Phi) is 4.26. The summed E-state index contributed by atoms with van der Waals surface area (Å²) in [5.41, 5.74) is 5.57. The van der Waals surface area contributed by atoms with Crippen LogP contribution in [0.4, 0.5) is 0 Å². The molecule has 1 saturated heterocycles. The second-order valence-electron chi connectivity index (χ2n) is 4.62. The zero-order valence-corrected chi connectivity index (χ0v) is 9.82. The van der Waals surface area contributed by atoms with E-state index in [9.17, 15) is 4.79 Å². The number of carbonyl (C=O) groups excluding carboxylic acids is 1. The van der Waals surface area contributed by atoms with E-state index in [1.54, 1.807) is 0 Å². The van der Waals surface area contributed by atoms with Crippen molar-refractivity contribution in [1.29, 1.82) is 0 Å². The summed E-state index contributed by atoms with van der Waals surface area (Å²) in [4.78, 5) is 11.5. The van der Waals surface area contributed by atoms with Gasteiger partial charge in [0.15, 0.2) is 0 Å². The third-order valence-corrected chi connectivity index (χ3v) is 3.45. The molecule has 0 aliphatic carbocycles. The summed E-state index contributed by atoms with van der Waals surface area (Å²) in [6.45, 7) is 3.90. The van der Waals surface area contributed by atoms with Crippen molar-refractivity contribution in [2.45, 2.75) is 44.7 Å². The molecular weight excluding hydrogens is 196 g/mol. The quantitative estimate of drug-likeness (QED) is 0.740. The Morgan fingerprint density at radius 1 is 1.64 bits per heavy atom. The number of nitrogens with two attached hydrogens (primary N) is 1. The first kappa shape index (κ1) is 11.9. The van der Waals surface area contributed by atoms with Gasteiger partial charge < -0.3 is 11.1 Å². The fraction of sp³-hybridized carbons (Fsp3) is 0.900. The molecule has 14 heavy (non-hydrogen) atoms. The molecule has 0 spiro atoms. The van der Waals surface area contributed by atoms with E-state index in [-0.39, 0.29) is 11.4 Å². The van der Waals surface area contributed by atoms with Crippen molar-refractivity contribution in [3.8, 4) is 0 Å². The zero-order chi connectivity index (χ0) is 10.6. The largest absolute Gasteiger partial charge is 0.353 e. The Morgan fingerprint density at radius 2 is 2.36 bits per heavy atom. The van der Waals surface area contributed by atoms with Crippen LogP contribution in [0.5, 0.6) is 0 Å². The van der Waals surface area contributed by atoms with E-state index in [0.717, 1.165) is 18.6 Å². The molecule has 0 aromatic carbocycles. The summed E-state index contributed by atoms with van der Waals surface area (Å²) in [5.74, 6) is 2.39. The van der Waals surface area contributed by atoms with Crippen molar-refractivity contribution in [1.82, 2.24) is 5.32 Å². The fourth-order valence-electron chi connectivity index (χ4n) is 1.38. The summed E-state index contributed by atoms with van der Waals surface area (Å²) in [6.07, 6.45) is 2.41. The maximum Gasteiger partial charge on any atom is 0.220 e. The van der Waals surface area contributed by atoms with E-state index in [2.05, 4.69) is 5.32 Å². The highest BCUT2D eigenvalue weighted by molar-refractivity contribution is 7.99. The smallest absolute Gasteiger partial charge is 0.220 e. The summed E-state index contributed by atoms with van der Waals surface area (Å²) in [6, 6.07) is 0.397. The Labute approximate surface area is 90.2 Å². The summed E-state index contributed by atoms with van der Waals surface area (Å²) >= 11 is 1.91. The molecule has 1 heterocycles. The molecule has 1 fully saturated rings. The SMILES string of the molecule is CC(C)(N)CCC(=O)NC1CCSC1. The summed E-state index contributed by atoms with van der Waals surface area (Å²) < 4.78 is 0. The van der Waals surface area contributed by atoms with Crippen LogP contribution in [0.1, 0.15) is 33.1 Å². The molecule has 0 bridgehead atoms. The summed E-state index contributed by atoms with van der Waals surface area (Å²) in [7, 11) is 0. The highest BCUT2D eigenvalue weighted by atomic mass is 32.2. The molecule has 1 atom stereocenters. The van der Waals surface area contributed by atoms with Gasteiger partial charge >= 0.3 is 0 Å². The minimum absolute atomic E-state index is 0.149. The molecule has 3 nitrogen and oxygen atoms in total. The van der Waals surface area contributed by atoms with E-state index in [1.165, 1.54) is 5.75 Å². The van der Waals surface area contributed by atoms with E-state index in [1.807, 2.05) is 25.6 Å². The molecule has 3 N–H and O–H groups in total. The fourth-order valence-corrected chi connectivity index (χ4v) is 2.54. The van der Waals surface area contributed by atoms with Crippen molar-refractivity contribution >= 4 is 17.7 Å². The number of hydrogen-bond acceptors (Lipinski definition) is 3. The lowest BCUT2D eigenvalue weighted by molar-refractivity contribution is -0.121. The van der Waals surface area contributed by atoms with Crippen LogP contribution in [0, 0.1) is 0 Å². The van der Waals surface area contributed by atoms with Gasteiger partial charge in [-0.1, -0.05) is 0 Å². The highest BCUT2D eigenvalue weighted by Crippen LogP contribution is 2.17. The number of nitrogens with one attached hydrogen (secondary N) is 1. The van der Waals surface area contributed by atoms with Gasteiger partial charge in [0.1, 0.15) is 0 Å². The first-order valence-corrected chi connectivity index (χ1v) is 6.29. The van der Waals surface area contributed by atoms with Crippen molar-refractivity contribution in [3.63, 3.8) is 0 Å². The number of amides is 1. The normalized spacial score (nSPS) is 22.4. The standard InChI is InChI=1S/C10H20N2OS/c1-10(2,11)5-3-9(13)12-8-4-6-14-7-8/h8H,3-7,11H2,1-2H3,(H,12,13). The van der Waals surface area contributed by atoms with Crippen LogP contribution < -0.4 is 11.1 Å². The van der Waals surface area contributed by atoms with Gasteiger partial charge in [0.05, 0.1) is 0 Å². The molecule has 1 unspecified atom stereocenters. The topological polar surface area (TPSA) is 55.1 Å². The minimum Gasteiger partial charge on any atom is -0.353 e. The van der Waals surface area contributed by atoms with Gasteiger partial charge in [0.2, 0.25) is 5.91 Å². The molecule has 0 saturated carbocycles.